The van der Waals surface area contributed by atoms with Crippen molar-refractivity contribution in [3.63, 3.8) is 0 Å². The van der Waals surface area contributed by atoms with Gasteiger partial charge in [-0.15, -0.1) is 0 Å². The predicted molar refractivity (Wildman–Crippen MR) is 79.5 cm³/mol. The van der Waals surface area contributed by atoms with Crippen LogP contribution in [0.2, 0.25) is 0 Å². The second-order valence-electron chi connectivity index (χ2n) is 5.01. The molecule has 0 aliphatic heterocycles. The maximum absolute atomic E-state index is 11.8. The Hall–Kier alpha value is -2.09. The second-order valence-corrected chi connectivity index (χ2v) is 5.01. The number of carbonyl (C=O) groups is 1. The van der Waals surface area contributed by atoms with E-state index in [-0.39, 0.29) is 5.91 Å². The number of pyridine rings is 1. The van der Waals surface area contributed by atoms with Crippen molar-refractivity contribution >= 4 is 11.6 Å². The van der Waals surface area contributed by atoms with E-state index in [9.17, 15) is 4.79 Å². The quantitative estimate of drug-likeness (QED) is 0.827. The highest BCUT2D eigenvalue weighted by Gasteiger charge is 2.12. The Kier molecular flexibility index (Phi) is 6.51. The van der Waals surface area contributed by atoms with Crippen LogP contribution in [0.4, 0.5) is 5.69 Å². The highest BCUT2D eigenvalue weighted by Crippen LogP contribution is 2.16. The van der Waals surface area contributed by atoms with Crippen molar-refractivity contribution in [2.45, 2.75) is 27.2 Å². The van der Waals surface area contributed by atoms with Crippen molar-refractivity contribution in [2.24, 2.45) is 5.92 Å². The van der Waals surface area contributed by atoms with Gasteiger partial charge in [0, 0.05) is 31.5 Å². The Labute approximate surface area is 120 Å². The molecule has 0 bridgehead atoms. The number of hydrogen-bond acceptors (Lipinski definition) is 4. The summed E-state index contributed by atoms with van der Waals surface area (Å²) in [5.74, 6) is 0.314. The fourth-order valence-corrected chi connectivity index (χ4v) is 1.94. The summed E-state index contributed by atoms with van der Waals surface area (Å²) >= 11 is 0. The van der Waals surface area contributed by atoms with Gasteiger partial charge in [-0.2, -0.15) is 5.26 Å². The van der Waals surface area contributed by atoms with Gasteiger partial charge in [-0.3, -0.25) is 9.78 Å². The van der Waals surface area contributed by atoms with Crippen LogP contribution in [0.5, 0.6) is 0 Å². The highest BCUT2D eigenvalue weighted by molar-refractivity contribution is 5.93. The van der Waals surface area contributed by atoms with Gasteiger partial charge in [0.2, 0.25) is 0 Å². The van der Waals surface area contributed by atoms with E-state index in [2.05, 4.69) is 35.1 Å². The van der Waals surface area contributed by atoms with E-state index in [0.29, 0.717) is 31.1 Å². The van der Waals surface area contributed by atoms with Gasteiger partial charge in [-0.1, -0.05) is 13.8 Å². The first-order valence-corrected chi connectivity index (χ1v) is 6.94. The van der Waals surface area contributed by atoms with Crippen LogP contribution in [0.25, 0.3) is 0 Å². The molecule has 1 heterocycles. The number of amides is 1. The summed E-state index contributed by atoms with van der Waals surface area (Å²) in [6.07, 6.45) is 2.10. The van der Waals surface area contributed by atoms with E-state index in [0.717, 1.165) is 12.2 Å². The monoisotopic (exact) mass is 274 g/mol. The molecule has 0 radical (unpaired) electrons. The molecule has 0 atom stereocenters. The number of nitriles is 1. The van der Waals surface area contributed by atoms with Crippen LogP contribution >= 0.6 is 0 Å². The molecule has 5 nitrogen and oxygen atoms in total. The first kappa shape index (κ1) is 16.0. The molecule has 1 amide bonds. The number of nitrogens with zero attached hydrogens (tertiary/aromatic N) is 3. The third-order valence-electron chi connectivity index (χ3n) is 2.76. The molecule has 108 valence electrons. The van der Waals surface area contributed by atoms with Gasteiger partial charge in [0.25, 0.3) is 5.91 Å². The summed E-state index contributed by atoms with van der Waals surface area (Å²) in [4.78, 5) is 18.0. The molecule has 0 spiro atoms. The molecule has 0 aromatic carbocycles. The van der Waals surface area contributed by atoms with E-state index >= 15 is 0 Å². The molecule has 5 heteroatoms. The molecular formula is C15H22N4O. The maximum Gasteiger partial charge on any atom is 0.269 e. The zero-order chi connectivity index (χ0) is 15.0. The Bertz CT molecular complexity index is 479. The molecule has 1 aromatic heterocycles. The van der Waals surface area contributed by atoms with Gasteiger partial charge in [-0.25, -0.2) is 0 Å². The zero-order valence-electron chi connectivity index (χ0n) is 12.4. The number of anilines is 1. The molecule has 0 aliphatic carbocycles. The van der Waals surface area contributed by atoms with Crippen LogP contribution in [0.3, 0.4) is 0 Å². The summed E-state index contributed by atoms with van der Waals surface area (Å²) in [7, 11) is 0. The van der Waals surface area contributed by atoms with Crippen LogP contribution in [-0.4, -0.2) is 30.5 Å². The average molecular weight is 274 g/mol. The van der Waals surface area contributed by atoms with E-state index < -0.39 is 0 Å². The second kappa shape index (κ2) is 8.16. The molecular weight excluding hydrogens is 252 g/mol. The Morgan fingerprint density at radius 1 is 1.55 bits per heavy atom. The maximum atomic E-state index is 11.8. The predicted octanol–water partition coefficient (Wildman–Crippen LogP) is 2.21. The summed E-state index contributed by atoms with van der Waals surface area (Å²) in [5.41, 5.74) is 1.35. The summed E-state index contributed by atoms with van der Waals surface area (Å²) in [6.45, 7) is 8.22. The number of rotatable bonds is 7. The lowest BCUT2D eigenvalue weighted by molar-refractivity contribution is 0.0951. The minimum atomic E-state index is -0.167. The van der Waals surface area contributed by atoms with Crippen LogP contribution in [-0.2, 0) is 0 Å². The molecule has 0 unspecified atom stereocenters. The normalized spacial score (nSPS) is 10.2. The Morgan fingerprint density at radius 3 is 2.90 bits per heavy atom. The van der Waals surface area contributed by atoms with Gasteiger partial charge in [0.1, 0.15) is 5.69 Å². The number of carbonyl (C=O) groups excluding carboxylic acids is 1. The molecule has 0 aliphatic rings. The van der Waals surface area contributed by atoms with Crippen molar-refractivity contribution < 1.29 is 4.79 Å². The molecule has 0 fully saturated rings. The molecule has 0 saturated heterocycles. The van der Waals surface area contributed by atoms with E-state index in [1.807, 2.05) is 13.0 Å². The van der Waals surface area contributed by atoms with Crippen molar-refractivity contribution in [3.8, 4) is 6.07 Å². The lowest BCUT2D eigenvalue weighted by atomic mass is 10.1. The first-order valence-electron chi connectivity index (χ1n) is 6.94. The Morgan fingerprint density at radius 2 is 2.30 bits per heavy atom. The Balaban J connectivity index is 2.92. The van der Waals surface area contributed by atoms with Crippen LogP contribution in [0, 0.1) is 17.2 Å². The van der Waals surface area contributed by atoms with Gasteiger partial charge in [0.05, 0.1) is 12.5 Å². The summed E-state index contributed by atoms with van der Waals surface area (Å²) < 4.78 is 0. The number of hydrogen-bond donors (Lipinski definition) is 1. The van der Waals surface area contributed by atoms with Gasteiger partial charge >= 0.3 is 0 Å². The molecule has 0 saturated carbocycles. The summed E-state index contributed by atoms with van der Waals surface area (Å²) in [5, 5.41) is 11.5. The molecule has 1 rings (SSSR count). The molecule has 1 aromatic rings. The van der Waals surface area contributed by atoms with E-state index in [4.69, 9.17) is 5.26 Å². The van der Waals surface area contributed by atoms with Crippen molar-refractivity contribution in [1.29, 1.82) is 5.26 Å². The third-order valence-corrected chi connectivity index (χ3v) is 2.76. The fourth-order valence-electron chi connectivity index (χ4n) is 1.94. The minimum Gasteiger partial charge on any atom is -0.370 e. The van der Waals surface area contributed by atoms with Gasteiger partial charge < -0.3 is 10.2 Å². The number of nitrogens with one attached hydrogen (secondary N) is 1. The van der Waals surface area contributed by atoms with Crippen molar-refractivity contribution in [2.75, 3.05) is 24.5 Å². The van der Waals surface area contributed by atoms with Gasteiger partial charge in [-0.05, 0) is 25.0 Å². The van der Waals surface area contributed by atoms with Gasteiger partial charge in [0.15, 0.2) is 0 Å². The molecule has 20 heavy (non-hydrogen) atoms. The van der Waals surface area contributed by atoms with Crippen molar-refractivity contribution in [1.82, 2.24) is 10.3 Å². The highest BCUT2D eigenvalue weighted by atomic mass is 16.1. The van der Waals surface area contributed by atoms with E-state index in [1.165, 1.54) is 0 Å². The fraction of sp³-hybridized carbons (Fsp3) is 0.533. The largest absolute Gasteiger partial charge is 0.370 e. The van der Waals surface area contributed by atoms with Crippen LogP contribution < -0.4 is 10.2 Å². The lowest BCUT2D eigenvalue weighted by Crippen LogP contribution is -2.29. The first-order chi connectivity index (χ1) is 9.58. The van der Waals surface area contributed by atoms with Crippen molar-refractivity contribution in [3.05, 3.63) is 24.0 Å². The average Bonchev–Trinajstić information content (AvgIpc) is 2.43. The number of aromatic nitrogens is 1. The lowest BCUT2D eigenvalue weighted by Gasteiger charge is -2.26. The SMILES string of the molecule is CCNC(=O)c1cc(N(CCC#N)CC(C)C)ccn1. The van der Waals surface area contributed by atoms with E-state index in [1.54, 1.807) is 12.3 Å². The van der Waals surface area contributed by atoms with Crippen LogP contribution in [0.15, 0.2) is 18.3 Å². The summed E-state index contributed by atoms with van der Waals surface area (Å²) in [6, 6.07) is 5.82. The smallest absolute Gasteiger partial charge is 0.269 e. The van der Waals surface area contributed by atoms with Crippen LogP contribution in [0.1, 0.15) is 37.7 Å². The zero-order valence-corrected chi connectivity index (χ0v) is 12.4. The standard InChI is InChI=1S/C15H22N4O/c1-4-17-15(20)14-10-13(6-8-18-14)19(9-5-7-16)11-12(2)3/h6,8,10,12H,4-5,9,11H2,1-3H3,(H,17,20). The third kappa shape index (κ3) is 4.88. The topological polar surface area (TPSA) is 69.0 Å². The minimum absolute atomic E-state index is 0.167. The molecule has 1 N–H and O–H groups in total.